The first kappa shape index (κ1) is 13.2. The molecule has 1 rings (SSSR count). The van der Waals surface area contributed by atoms with E-state index in [-0.39, 0.29) is 0 Å². The van der Waals surface area contributed by atoms with Crippen molar-refractivity contribution in [2.24, 2.45) is 0 Å². The monoisotopic (exact) mass is 230 g/mol. The summed E-state index contributed by atoms with van der Waals surface area (Å²) >= 11 is 0. The first-order valence-electron chi connectivity index (χ1n) is 5.47. The van der Waals surface area contributed by atoms with E-state index in [0.29, 0.717) is 19.3 Å². The van der Waals surface area contributed by atoms with Gasteiger partial charge in [-0.2, -0.15) is 0 Å². The summed E-state index contributed by atoms with van der Waals surface area (Å²) in [6, 6.07) is 0. The van der Waals surface area contributed by atoms with Crippen LogP contribution in [0.25, 0.3) is 0 Å². The fourth-order valence-electron chi connectivity index (χ4n) is 1.66. The quantitative estimate of drug-likeness (QED) is 0.566. The normalized spacial score (nSPS) is 26.0. The lowest BCUT2D eigenvalue weighted by atomic mass is 9.97. The van der Waals surface area contributed by atoms with Crippen molar-refractivity contribution in [1.29, 1.82) is 0 Å². The third-order valence-electron chi connectivity index (χ3n) is 2.60. The van der Waals surface area contributed by atoms with Crippen LogP contribution in [0, 0.1) is 0 Å². The number of rotatable bonds is 5. The lowest BCUT2D eigenvalue weighted by molar-refractivity contribution is -0.161. The second-order valence-electron chi connectivity index (χ2n) is 3.95. The van der Waals surface area contributed by atoms with Crippen molar-refractivity contribution < 1.29 is 24.9 Å². The molecule has 0 spiro atoms. The number of cyclic esters (lactones) is 1. The maximum Gasteiger partial charge on any atom is 0.330 e. The van der Waals surface area contributed by atoms with Crippen molar-refractivity contribution in [3.63, 3.8) is 0 Å². The summed E-state index contributed by atoms with van der Waals surface area (Å²) in [4.78, 5) is 10.9. The summed E-state index contributed by atoms with van der Waals surface area (Å²) in [5.41, 5.74) is 0. The highest BCUT2D eigenvalue weighted by Gasteiger charge is 2.33. The number of carbonyl (C=O) groups excluding carboxylic acids is 1. The van der Waals surface area contributed by atoms with Gasteiger partial charge in [0.2, 0.25) is 0 Å². The Kier molecular flexibility index (Phi) is 4.92. The summed E-state index contributed by atoms with van der Waals surface area (Å²) in [5.74, 6) is -0.535. The van der Waals surface area contributed by atoms with Crippen LogP contribution in [-0.2, 0) is 9.53 Å². The number of aliphatic hydroxyl groups excluding tert-OH is 3. The molecule has 0 aliphatic carbocycles. The second kappa shape index (κ2) is 5.98. The fraction of sp³-hybridized carbons (Fsp3) is 0.727. The van der Waals surface area contributed by atoms with E-state index in [1.54, 1.807) is 6.08 Å². The van der Waals surface area contributed by atoms with Crippen molar-refractivity contribution >= 4 is 5.97 Å². The molecule has 1 aliphatic heterocycles. The van der Waals surface area contributed by atoms with E-state index >= 15 is 0 Å². The predicted octanol–water partition coefficient (Wildman–Crippen LogP) is -0.259. The standard InChI is InChI=1S/C11H18O5/c1-2-4-7(12)10(14)11(15)8-5-3-6-9(13)16-8/h3,6-8,10-12,14-15H,2,4-5H2,1H3/t7-,8+,10+,11+/m0/s1. The SMILES string of the molecule is CCC[C@H](O)[C@@H](O)[C@H](O)[C@H]1CC=CC(=O)O1. The molecular weight excluding hydrogens is 212 g/mol. The summed E-state index contributed by atoms with van der Waals surface area (Å²) in [6.45, 7) is 1.87. The minimum atomic E-state index is -1.29. The Labute approximate surface area is 94.4 Å². The Balaban J connectivity index is 2.52. The zero-order valence-electron chi connectivity index (χ0n) is 9.24. The Morgan fingerprint density at radius 3 is 2.75 bits per heavy atom. The van der Waals surface area contributed by atoms with Gasteiger partial charge in [0.15, 0.2) is 0 Å². The molecule has 92 valence electrons. The molecular formula is C11H18O5. The van der Waals surface area contributed by atoms with Gasteiger partial charge in [0.1, 0.15) is 18.3 Å². The van der Waals surface area contributed by atoms with Gasteiger partial charge in [-0.25, -0.2) is 4.79 Å². The molecule has 3 N–H and O–H groups in total. The molecule has 0 unspecified atom stereocenters. The van der Waals surface area contributed by atoms with Crippen LogP contribution in [-0.4, -0.2) is 45.7 Å². The van der Waals surface area contributed by atoms with Crippen LogP contribution in [0.2, 0.25) is 0 Å². The molecule has 16 heavy (non-hydrogen) atoms. The van der Waals surface area contributed by atoms with Crippen LogP contribution in [0.5, 0.6) is 0 Å². The molecule has 4 atom stereocenters. The molecule has 0 saturated carbocycles. The zero-order chi connectivity index (χ0) is 12.1. The molecule has 5 heteroatoms. The van der Waals surface area contributed by atoms with Crippen molar-refractivity contribution in [2.75, 3.05) is 0 Å². The molecule has 0 amide bonds. The topological polar surface area (TPSA) is 87.0 Å². The fourth-order valence-corrected chi connectivity index (χ4v) is 1.66. The number of aliphatic hydroxyl groups is 3. The Morgan fingerprint density at radius 2 is 2.19 bits per heavy atom. The number of hydrogen-bond donors (Lipinski definition) is 3. The molecule has 1 aliphatic rings. The Morgan fingerprint density at radius 1 is 1.50 bits per heavy atom. The van der Waals surface area contributed by atoms with Crippen molar-refractivity contribution in [3.8, 4) is 0 Å². The van der Waals surface area contributed by atoms with Gasteiger partial charge >= 0.3 is 5.97 Å². The Bertz CT molecular complexity index is 263. The average Bonchev–Trinajstić information content (AvgIpc) is 2.27. The summed E-state index contributed by atoms with van der Waals surface area (Å²) < 4.78 is 4.85. The van der Waals surface area contributed by atoms with Crippen molar-refractivity contribution in [3.05, 3.63) is 12.2 Å². The molecule has 0 fully saturated rings. The third kappa shape index (κ3) is 3.30. The largest absolute Gasteiger partial charge is 0.456 e. The van der Waals surface area contributed by atoms with E-state index in [1.165, 1.54) is 6.08 Å². The number of esters is 1. The first-order chi connectivity index (χ1) is 7.56. The first-order valence-corrected chi connectivity index (χ1v) is 5.47. The van der Waals surface area contributed by atoms with E-state index in [4.69, 9.17) is 4.74 Å². The minimum Gasteiger partial charge on any atom is -0.456 e. The molecule has 1 heterocycles. The smallest absolute Gasteiger partial charge is 0.330 e. The van der Waals surface area contributed by atoms with Crippen molar-refractivity contribution in [1.82, 2.24) is 0 Å². The third-order valence-corrected chi connectivity index (χ3v) is 2.60. The molecule has 0 aromatic rings. The minimum absolute atomic E-state index is 0.350. The van der Waals surface area contributed by atoms with E-state index in [2.05, 4.69) is 0 Å². The van der Waals surface area contributed by atoms with Crippen LogP contribution in [0.3, 0.4) is 0 Å². The number of carbonyl (C=O) groups is 1. The Hall–Kier alpha value is -0.910. The molecule has 0 aromatic carbocycles. The van der Waals surface area contributed by atoms with E-state index in [9.17, 15) is 20.1 Å². The summed E-state index contributed by atoms with van der Waals surface area (Å²) in [7, 11) is 0. The van der Waals surface area contributed by atoms with Crippen LogP contribution in [0.15, 0.2) is 12.2 Å². The molecule has 0 radical (unpaired) electrons. The molecule has 0 bridgehead atoms. The number of hydrogen-bond acceptors (Lipinski definition) is 5. The van der Waals surface area contributed by atoms with Gasteiger partial charge in [0.05, 0.1) is 6.10 Å². The van der Waals surface area contributed by atoms with E-state index < -0.39 is 30.4 Å². The van der Waals surface area contributed by atoms with Gasteiger partial charge < -0.3 is 20.1 Å². The highest BCUT2D eigenvalue weighted by atomic mass is 16.6. The van der Waals surface area contributed by atoms with Crippen LogP contribution in [0.4, 0.5) is 0 Å². The highest BCUT2D eigenvalue weighted by Crippen LogP contribution is 2.17. The van der Waals surface area contributed by atoms with E-state index in [1.807, 2.05) is 6.92 Å². The van der Waals surface area contributed by atoms with Gasteiger partial charge in [0.25, 0.3) is 0 Å². The van der Waals surface area contributed by atoms with Crippen LogP contribution >= 0.6 is 0 Å². The zero-order valence-corrected chi connectivity index (χ0v) is 9.24. The van der Waals surface area contributed by atoms with Crippen molar-refractivity contribution in [2.45, 2.75) is 50.6 Å². The summed E-state index contributed by atoms with van der Waals surface area (Å²) in [6.07, 6.45) is -0.00729. The van der Waals surface area contributed by atoms with Gasteiger partial charge in [-0.1, -0.05) is 19.4 Å². The van der Waals surface area contributed by atoms with Gasteiger partial charge in [-0.3, -0.25) is 0 Å². The number of ether oxygens (including phenoxy) is 1. The highest BCUT2D eigenvalue weighted by molar-refractivity contribution is 5.82. The molecule has 0 aromatic heterocycles. The summed E-state index contributed by atoms with van der Waals surface area (Å²) in [5, 5.41) is 28.9. The lowest BCUT2D eigenvalue weighted by Gasteiger charge is -2.29. The van der Waals surface area contributed by atoms with Crippen LogP contribution < -0.4 is 0 Å². The maximum atomic E-state index is 10.9. The average molecular weight is 230 g/mol. The van der Waals surface area contributed by atoms with Gasteiger partial charge in [-0.05, 0) is 6.42 Å². The maximum absolute atomic E-state index is 10.9. The van der Waals surface area contributed by atoms with E-state index in [0.717, 1.165) is 0 Å². The van der Waals surface area contributed by atoms with Gasteiger partial charge in [-0.15, -0.1) is 0 Å². The van der Waals surface area contributed by atoms with Gasteiger partial charge in [0, 0.05) is 12.5 Å². The molecule has 5 nitrogen and oxygen atoms in total. The predicted molar refractivity (Wildman–Crippen MR) is 56.6 cm³/mol. The second-order valence-corrected chi connectivity index (χ2v) is 3.95. The lowest BCUT2D eigenvalue weighted by Crippen LogP contribution is -2.46. The van der Waals surface area contributed by atoms with Crippen LogP contribution in [0.1, 0.15) is 26.2 Å². The molecule has 0 saturated heterocycles.